The predicted octanol–water partition coefficient (Wildman–Crippen LogP) is 3.08. The van der Waals surface area contributed by atoms with Crippen LogP contribution < -0.4 is 14.8 Å². The van der Waals surface area contributed by atoms with Crippen molar-refractivity contribution in [2.24, 2.45) is 0 Å². The highest BCUT2D eigenvalue weighted by Gasteiger charge is 2.25. The molecule has 2 aromatic rings. The molecule has 0 amide bonds. The number of halogens is 1. The second kappa shape index (κ2) is 5.74. The van der Waals surface area contributed by atoms with Crippen molar-refractivity contribution >= 4 is 0 Å². The van der Waals surface area contributed by atoms with Crippen LogP contribution in [0.15, 0.2) is 36.4 Å². The smallest absolute Gasteiger partial charge is 0.126 e. The molecule has 1 aliphatic heterocycles. The Hall–Kier alpha value is -2.07. The van der Waals surface area contributed by atoms with Gasteiger partial charge in [0, 0.05) is 18.2 Å². The minimum atomic E-state index is -0.224. The van der Waals surface area contributed by atoms with Crippen LogP contribution in [0.3, 0.4) is 0 Å². The van der Waals surface area contributed by atoms with Crippen LogP contribution in [0.1, 0.15) is 22.7 Å². The Balaban J connectivity index is 2.10. The Morgan fingerprint density at radius 2 is 1.86 bits per heavy atom. The van der Waals surface area contributed by atoms with Crippen molar-refractivity contribution in [3.05, 3.63) is 58.9 Å². The molecule has 0 aromatic heterocycles. The molecular weight excluding hydrogens is 269 g/mol. The predicted molar refractivity (Wildman–Crippen MR) is 79.5 cm³/mol. The van der Waals surface area contributed by atoms with E-state index in [0.29, 0.717) is 0 Å². The first-order chi connectivity index (χ1) is 10.2. The average Bonchev–Trinajstić information content (AvgIpc) is 2.54. The van der Waals surface area contributed by atoms with Gasteiger partial charge in [0.05, 0.1) is 20.3 Å². The molecule has 1 aliphatic rings. The molecule has 1 atom stereocenters. The molecule has 0 saturated heterocycles. The summed E-state index contributed by atoms with van der Waals surface area (Å²) in [6.07, 6.45) is 0.903. The lowest BCUT2D eigenvalue weighted by atomic mass is 9.89. The fraction of sp³-hybridized carbons (Fsp3) is 0.294. The summed E-state index contributed by atoms with van der Waals surface area (Å²) in [5.74, 6) is 1.39. The third-order valence-corrected chi connectivity index (χ3v) is 3.91. The van der Waals surface area contributed by atoms with Crippen LogP contribution >= 0.6 is 0 Å². The van der Waals surface area contributed by atoms with E-state index in [0.717, 1.165) is 35.6 Å². The van der Waals surface area contributed by atoms with Crippen LogP contribution in [0, 0.1) is 5.82 Å². The summed E-state index contributed by atoms with van der Waals surface area (Å²) >= 11 is 0. The summed E-state index contributed by atoms with van der Waals surface area (Å²) in [6, 6.07) is 10.6. The second-order valence-electron chi connectivity index (χ2n) is 5.09. The molecule has 0 radical (unpaired) electrons. The van der Waals surface area contributed by atoms with Gasteiger partial charge in [0.1, 0.15) is 17.3 Å². The topological polar surface area (TPSA) is 30.5 Å². The third-order valence-electron chi connectivity index (χ3n) is 3.91. The largest absolute Gasteiger partial charge is 0.497 e. The van der Waals surface area contributed by atoms with Gasteiger partial charge in [-0.15, -0.1) is 0 Å². The Bertz CT molecular complexity index is 640. The van der Waals surface area contributed by atoms with E-state index in [1.165, 1.54) is 17.7 Å². The van der Waals surface area contributed by atoms with Crippen molar-refractivity contribution in [1.82, 2.24) is 5.32 Å². The maximum Gasteiger partial charge on any atom is 0.126 e. The van der Waals surface area contributed by atoms with Gasteiger partial charge in [-0.3, -0.25) is 0 Å². The van der Waals surface area contributed by atoms with Crippen molar-refractivity contribution in [2.45, 2.75) is 12.5 Å². The molecule has 2 aromatic carbocycles. The van der Waals surface area contributed by atoms with E-state index in [1.54, 1.807) is 14.2 Å². The van der Waals surface area contributed by atoms with Crippen molar-refractivity contribution in [3.63, 3.8) is 0 Å². The van der Waals surface area contributed by atoms with Crippen LogP contribution in [-0.4, -0.2) is 20.8 Å². The first-order valence-electron chi connectivity index (χ1n) is 6.96. The van der Waals surface area contributed by atoms with Crippen LogP contribution in [0.5, 0.6) is 11.5 Å². The highest BCUT2D eigenvalue weighted by molar-refractivity contribution is 5.51. The molecule has 21 heavy (non-hydrogen) atoms. The first kappa shape index (κ1) is 13.9. The molecule has 0 aliphatic carbocycles. The van der Waals surface area contributed by atoms with Crippen molar-refractivity contribution < 1.29 is 13.9 Å². The van der Waals surface area contributed by atoms with E-state index >= 15 is 0 Å². The molecule has 0 bridgehead atoms. The fourth-order valence-corrected chi connectivity index (χ4v) is 2.87. The Labute approximate surface area is 123 Å². The highest BCUT2D eigenvalue weighted by atomic mass is 19.1. The monoisotopic (exact) mass is 287 g/mol. The van der Waals surface area contributed by atoms with E-state index in [2.05, 4.69) is 5.32 Å². The Morgan fingerprint density at radius 1 is 1.10 bits per heavy atom. The second-order valence-corrected chi connectivity index (χ2v) is 5.09. The van der Waals surface area contributed by atoms with Crippen LogP contribution in [-0.2, 0) is 6.42 Å². The number of nitrogens with one attached hydrogen (secondary N) is 1. The van der Waals surface area contributed by atoms with Crippen LogP contribution in [0.25, 0.3) is 0 Å². The van der Waals surface area contributed by atoms with Gasteiger partial charge in [0.2, 0.25) is 0 Å². The zero-order chi connectivity index (χ0) is 14.8. The standard InChI is InChI=1S/C17H18FNO2/c1-20-13-9-15-14(16(10-13)21-2)7-8-19-17(15)11-3-5-12(18)6-4-11/h3-6,9-10,17,19H,7-8H2,1-2H3. The lowest BCUT2D eigenvalue weighted by Crippen LogP contribution is -2.31. The molecule has 1 unspecified atom stereocenters. The summed E-state index contributed by atoms with van der Waals surface area (Å²) in [5, 5.41) is 3.48. The van der Waals surface area contributed by atoms with E-state index in [9.17, 15) is 4.39 Å². The summed E-state index contributed by atoms with van der Waals surface area (Å²) in [7, 11) is 3.31. The SMILES string of the molecule is COc1cc(OC)c2c(c1)C(c1ccc(F)cc1)NCC2. The zero-order valence-corrected chi connectivity index (χ0v) is 12.2. The number of ether oxygens (including phenoxy) is 2. The van der Waals surface area contributed by atoms with Gasteiger partial charge in [-0.05, 0) is 35.7 Å². The Kier molecular flexibility index (Phi) is 3.80. The number of fused-ring (bicyclic) bond motifs is 1. The third kappa shape index (κ3) is 2.59. The summed E-state index contributed by atoms with van der Waals surface area (Å²) in [4.78, 5) is 0. The molecule has 0 fully saturated rings. The molecule has 0 saturated carbocycles. The lowest BCUT2D eigenvalue weighted by Gasteiger charge is -2.29. The molecule has 4 heteroatoms. The first-order valence-corrected chi connectivity index (χ1v) is 6.96. The van der Waals surface area contributed by atoms with E-state index < -0.39 is 0 Å². The van der Waals surface area contributed by atoms with Gasteiger partial charge >= 0.3 is 0 Å². The normalized spacial score (nSPS) is 17.2. The number of benzene rings is 2. The molecule has 3 rings (SSSR count). The maximum absolute atomic E-state index is 13.1. The van der Waals surface area contributed by atoms with Crippen LogP contribution in [0.2, 0.25) is 0 Å². The lowest BCUT2D eigenvalue weighted by molar-refractivity contribution is 0.385. The number of hydrogen-bond donors (Lipinski definition) is 1. The molecule has 1 heterocycles. The number of methoxy groups -OCH3 is 2. The van der Waals surface area contributed by atoms with Gasteiger partial charge in [-0.25, -0.2) is 4.39 Å². The van der Waals surface area contributed by atoms with Gasteiger partial charge in [-0.1, -0.05) is 12.1 Å². The van der Waals surface area contributed by atoms with Gasteiger partial charge in [0.15, 0.2) is 0 Å². The molecular formula is C17H18FNO2. The number of rotatable bonds is 3. The maximum atomic E-state index is 13.1. The van der Waals surface area contributed by atoms with E-state index in [1.807, 2.05) is 24.3 Å². The van der Waals surface area contributed by atoms with Crippen molar-refractivity contribution in [1.29, 1.82) is 0 Å². The highest BCUT2D eigenvalue weighted by Crippen LogP contribution is 2.37. The molecule has 3 nitrogen and oxygen atoms in total. The summed E-state index contributed by atoms with van der Waals surface area (Å²) < 4.78 is 24.0. The minimum Gasteiger partial charge on any atom is -0.497 e. The van der Waals surface area contributed by atoms with Gasteiger partial charge in [-0.2, -0.15) is 0 Å². The average molecular weight is 287 g/mol. The van der Waals surface area contributed by atoms with E-state index in [-0.39, 0.29) is 11.9 Å². The van der Waals surface area contributed by atoms with Gasteiger partial charge < -0.3 is 14.8 Å². The van der Waals surface area contributed by atoms with Crippen molar-refractivity contribution in [2.75, 3.05) is 20.8 Å². The van der Waals surface area contributed by atoms with Crippen molar-refractivity contribution in [3.8, 4) is 11.5 Å². The van der Waals surface area contributed by atoms with Crippen LogP contribution in [0.4, 0.5) is 4.39 Å². The molecule has 110 valence electrons. The molecule has 1 N–H and O–H groups in total. The summed E-state index contributed by atoms with van der Waals surface area (Å²) in [6.45, 7) is 0.859. The quantitative estimate of drug-likeness (QED) is 0.941. The Morgan fingerprint density at radius 3 is 2.52 bits per heavy atom. The van der Waals surface area contributed by atoms with Gasteiger partial charge in [0.25, 0.3) is 0 Å². The summed E-state index contributed by atoms with van der Waals surface area (Å²) in [5.41, 5.74) is 3.35. The zero-order valence-electron chi connectivity index (χ0n) is 12.2. The minimum absolute atomic E-state index is 0.0262. The number of hydrogen-bond acceptors (Lipinski definition) is 3. The van der Waals surface area contributed by atoms with E-state index in [4.69, 9.17) is 9.47 Å². The molecule has 0 spiro atoms. The fourth-order valence-electron chi connectivity index (χ4n) is 2.87.